The van der Waals surface area contributed by atoms with Gasteiger partial charge in [-0.2, -0.15) is 0 Å². The summed E-state index contributed by atoms with van der Waals surface area (Å²) < 4.78 is 39.9. The highest BCUT2D eigenvalue weighted by atomic mass is 19.2. The Bertz CT molecular complexity index is 503. The van der Waals surface area contributed by atoms with Crippen LogP contribution in [0.1, 0.15) is 76.2 Å². The van der Waals surface area contributed by atoms with Gasteiger partial charge in [-0.1, -0.05) is 26.2 Å². The number of hydrogen-bond donors (Lipinski definition) is 0. The van der Waals surface area contributed by atoms with Gasteiger partial charge < -0.3 is 0 Å². The van der Waals surface area contributed by atoms with E-state index in [2.05, 4.69) is 6.92 Å². The van der Waals surface area contributed by atoms with E-state index in [9.17, 15) is 13.2 Å². The van der Waals surface area contributed by atoms with Crippen molar-refractivity contribution in [3.8, 4) is 0 Å². The van der Waals surface area contributed by atoms with Crippen molar-refractivity contribution in [2.24, 2.45) is 17.8 Å². The van der Waals surface area contributed by atoms with Gasteiger partial charge >= 0.3 is 0 Å². The predicted molar refractivity (Wildman–Crippen MR) is 86.8 cm³/mol. The molecule has 0 aliphatic heterocycles. The minimum absolute atomic E-state index is 0.187. The molecule has 23 heavy (non-hydrogen) atoms. The van der Waals surface area contributed by atoms with Crippen LogP contribution in [0, 0.1) is 35.2 Å². The van der Waals surface area contributed by atoms with Crippen molar-refractivity contribution < 1.29 is 13.2 Å². The summed E-state index contributed by atoms with van der Waals surface area (Å²) in [4.78, 5) is 0. The van der Waals surface area contributed by atoms with Crippen molar-refractivity contribution in [2.75, 3.05) is 0 Å². The first kappa shape index (κ1) is 16.9. The Labute approximate surface area is 137 Å². The molecule has 0 unspecified atom stereocenters. The second kappa shape index (κ2) is 7.27. The van der Waals surface area contributed by atoms with Crippen LogP contribution in [0.25, 0.3) is 0 Å². The second-order valence-electron chi connectivity index (χ2n) is 7.65. The van der Waals surface area contributed by atoms with E-state index in [0.717, 1.165) is 43.4 Å². The minimum Gasteiger partial charge on any atom is -0.204 e. The standard InChI is InChI=1S/C20H27F3/c1-2-3-4-13-9-16(10-13)14-5-7-15(8-6-14)17-11-18(21)20(23)19(22)12-17/h11-16H,2-10H2,1H3/t13?,14-,15-,16?. The van der Waals surface area contributed by atoms with E-state index in [4.69, 9.17) is 0 Å². The zero-order chi connectivity index (χ0) is 16.4. The molecule has 0 saturated heterocycles. The van der Waals surface area contributed by atoms with Crippen LogP contribution in [0.5, 0.6) is 0 Å². The third-order valence-electron chi connectivity index (χ3n) is 6.15. The summed E-state index contributed by atoms with van der Waals surface area (Å²) in [5, 5.41) is 0. The van der Waals surface area contributed by atoms with Crippen molar-refractivity contribution in [3.63, 3.8) is 0 Å². The summed E-state index contributed by atoms with van der Waals surface area (Å²) in [6, 6.07) is 2.38. The molecule has 3 heteroatoms. The van der Waals surface area contributed by atoms with Crippen LogP contribution < -0.4 is 0 Å². The quantitative estimate of drug-likeness (QED) is 0.536. The first-order valence-electron chi connectivity index (χ1n) is 9.22. The number of rotatable bonds is 5. The number of unbranched alkanes of at least 4 members (excludes halogenated alkanes) is 1. The lowest BCUT2D eigenvalue weighted by Gasteiger charge is -2.43. The summed E-state index contributed by atoms with van der Waals surface area (Å²) in [6.07, 6.45) is 11.0. The van der Waals surface area contributed by atoms with Crippen LogP contribution in [0.15, 0.2) is 12.1 Å². The van der Waals surface area contributed by atoms with Gasteiger partial charge in [-0.05, 0) is 79.9 Å². The molecular weight excluding hydrogens is 297 g/mol. The van der Waals surface area contributed by atoms with E-state index >= 15 is 0 Å². The Morgan fingerprint density at radius 3 is 2.09 bits per heavy atom. The van der Waals surface area contributed by atoms with E-state index in [-0.39, 0.29) is 5.92 Å². The second-order valence-corrected chi connectivity index (χ2v) is 7.65. The molecule has 128 valence electrons. The molecule has 3 rings (SSSR count). The molecular formula is C20H27F3. The maximum absolute atomic E-state index is 13.4. The van der Waals surface area contributed by atoms with Crippen LogP contribution in [-0.2, 0) is 0 Å². The molecule has 0 N–H and O–H groups in total. The third-order valence-corrected chi connectivity index (χ3v) is 6.15. The van der Waals surface area contributed by atoms with Crippen molar-refractivity contribution in [3.05, 3.63) is 35.1 Å². The van der Waals surface area contributed by atoms with E-state index in [1.807, 2.05) is 0 Å². The highest BCUT2D eigenvalue weighted by Crippen LogP contribution is 2.48. The molecule has 0 nitrogen and oxygen atoms in total. The van der Waals surface area contributed by atoms with Crippen LogP contribution in [0.3, 0.4) is 0 Å². The van der Waals surface area contributed by atoms with E-state index in [1.165, 1.54) is 44.2 Å². The van der Waals surface area contributed by atoms with Crippen LogP contribution >= 0.6 is 0 Å². The molecule has 2 saturated carbocycles. The third kappa shape index (κ3) is 3.75. The van der Waals surface area contributed by atoms with E-state index in [1.54, 1.807) is 0 Å². The highest BCUT2D eigenvalue weighted by Gasteiger charge is 2.36. The average Bonchev–Trinajstić information content (AvgIpc) is 2.51. The van der Waals surface area contributed by atoms with Crippen LogP contribution in [0.4, 0.5) is 13.2 Å². The van der Waals surface area contributed by atoms with Crippen LogP contribution in [-0.4, -0.2) is 0 Å². The van der Waals surface area contributed by atoms with Crippen molar-refractivity contribution in [1.29, 1.82) is 0 Å². The van der Waals surface area contributed by atoms with Gasteiger partial charge in [0.1, 0.15) is 0 Å². The predicted octanol–water partition coefficient (Wildman–Crippen LogP) is 6.59. The molecule has 0 bridgehead atoms. The molecule has 2 aliphatic rings. The van der Waals surface area contributed by atoms with Crippen LogP contribution in [0.2, 0.25) is 0 Å². The summed E-state index contributed by atoms with van der Waals surface area (Å²) in [5.41, 5.74) is 0.634. The smallest absolute Gasteiger partial charge is 0.194 e. The molecule has 1 aromatic rings. The lowest BCUT2D eigenvalue weighted by Crippen LogP contribution is -2.32. The zero-order valence-corrected chi connectivity index (χ0v) is 14.0. The lowest BCUT2D eigenvalue weighted by molar-refractivity contribution is 0.0867. The summed E-state index contributed by atoms with van der Waals surface area (Å²) >= 11 is 0. The van der Waals surface area contributed by atoms with Gasteiger partial charge in [0.05, 0.1) is 0 Å². The first-order valence-corrected chi connectivity index (χ1v) is 9.22. The van der Waals surface area contributed by atoms with Gasteiger partial charge in [-0.3, -0.25) is 0 Å². The summed E-state index contributed by atoms with van der Waals surface area (Å²) in [5.74, 6) is -0.668. The monoisotopic (exact) mass is 324 g/mol. The number of benzene rings is 1. The van der Waals surface area contributed by atoms with Crippen molar-refractivity contribution in [2.45, 2.75) is 70.6 Å². The summed E-state index contributed by atoms with van der Waals surface area (Å²) in [7, 11) is 0. The molecule has 1 aromatic carbocycles. The lowest BCUT2D eigenvalue weighted by atomic mass is 9.62. The molecule has 0 aromatic heterocycles. The molecule has 0 heterocycles. The van der Waals surface area contributed by atoms with Gasteiger partial charge in [0.25, 0.3) is 0 Å². The normalized spacial score (nSPS) is 31.0. The molecule has 0 amide bonds. The van der Waals surface area contributed by atoms with Gasteiger partial charge in [-0.25, -0.2) is 13.2 Å². The first-order chi connectivity index (χ1) is 11.1. The van der Waals surface area contributed by atoms with Crippen molar-refractivity contribution >= 4 is 0 Å². The Kier molecular flexibility index (Phi) is 5.33. The van der Waals surface area contributed by atoms with E-state index in [0.29, 0.717) is 5.56 Å². The Morgan fingerprint density at radius 2 is 1.52 bits per heavy atom. The Balaban J connectivity index is 1.50. The molecule has 2 aliphatic carbocycles. The highest BCUT2D eigenvalue weighted by molar-refractivity contribution is 5.23. The Morgan fingerprint density at radius 1 is 0.913 bits per heavy atom. The van der Waals surface area contributed by atoms with Gasteiger partial charge in [0, 0.05) is 0 Å². The number of halogens is 3. The molecule has 0 spiro atoms. The Hall–Kier alpha value is -0.990. The maximum Gasteiger partial charge on any atom is 0.194 e. The largest absolute Gasteiger partial charge is 0.204 e. The van der Waals surface area contributed by atoms with Gasteiger partial charge in [0.2, 0.25) is 0 Å². The zero-order valence-electron chi connectivity index (χ0n) is 14.0. The topological polar surface area (TPSA) is 0 Å². The maximum atomic E-state index is 13.4. The number of hydrogen-bond acceptors (Lipinski definition) is 0. The van der Waals surface area contributed by atoms with Gasteiger partial charge in [0.15, 0.2) is 17.5 Å². The fourth-order valence-corrected chi connectivity index (χ4v) is 4.64. The van der Waals surface area contributed by atoms with Crippen molar-refractivity contribution in [1.82, 2.24) is 0 Å². The fraction of sp³-hybridized carbons (Fsp3) is 0.700. The SMILES string of the molecule is CCCCC1CC([C@H]2CC[C@H](c3cc(F)c(F)c(F)c3)CC2)C1. The molecule has 2 fully saturated rings. The molecule has 0 atom stereocenters. The summed E-state index contributed by atoms with van der Waals surface area (Å²) in [6.45, 7) is 2.25. The van der Waals surface area contributed by atoms with Gasteiger partial charge in [-0.15, -0.1) is 0 Å². The van der Waals surface area contributed by atoms with E-state index < -0.39 is 17.5 Å². The average molecular weight is 324 g/mol. The minimum atomic E-state index is -1.35. The molecule has 0 radical (unpaired) electrons. The fourth-order valence-electron chi connectivity index (χ4n) is 4.64.